The standard InChI is InChI=1S/C50H94N16O13/c1-7-8-9-10-11-12-38(69)57-30(13-19-51)47(76)66-40(29(6)68)50(79)62-34(17-23-55)43(72)60-35-18-24-56-41(70)37(26-67)64-45(74)32(15-21-53)58-42(71)33(16-22-54)61-49(78)39(28(4)5)65-48(77)36(25-27(2)3)63-44(73)31(14-20-52)59-46(35)75/h27-37,39-40,67-68H,7-26,51-55H2,1-6H3,(H,56,70)(H,57,69)(H,58,71)(H,59,75)(H,60,72)(H,61,78)(H,62,79)(H,63,73)(H,64,74)(H,65,77)(H,66,76)/t29-,30+,31+,32+,33+,34+,35+,36-,37+,39+,40+/m1/s1. The summed E-state index contributed by atoms with van der Waals surface area (Å²) >= 11 is 0. The van der Waals surface area contributed by atoms with Crippen molar-refractivity contribution in [2.75, 3.05) is 45.9 Å². The van der Waals surface area contributed by atoms with Gasteiger partial charge in [-0.15, -0.1) is 0 Å². The van der Waals surface area contributed by atoms with Crippen LogP contribution in [0.1, 0.15) is 125 Å². The molecular formula is C50H94N16O13. The van der Waals surface area contributed by atoms with E-state index in [1.807, 2.05) is 0 Å². The lowest BCUT2D eigenvalue weighted by atomic mass is 9.99. The van der Waals surface area contributed by atoms with Crippen molar-refractivity contribution in [2.45, 2.75) is 192 Å². The first-order valence-corrected chi connectivity index (χ1v) is 27.5. The average molecular weight is 1130 g/mol. The summed E-state index contributed by atoms with van der Waals surface area (Å²) in [6, 6.07) is -14.4. The first-order valence-electron chi connectivity index (χ1n) is 27.5. The van der Waals surface area contributed by atoms with Crippen LogP contribution in [0.5, 0.6) is 0 Å². The SMILES string of the molecule is CCCCCCCC(=O)N[C@@H](CCN)C(=O)N[C@H](C(=O)N[C@@H](CCN)C(=O)N[C@H]1CCNC(=O)[C@H](CO)NC(=O)[C@H](CCN)NC(=O)[C@H](CCN)NC(=O)[C@H](C(C)C)NC(=O)[C@@H](CC(C)C)NC(=O)[C@H](CCN)NC1=O)[C@@H](C)O. The van der Waals surface area contributed by atoms with E-state index in [0.717, 1.165) is 25.7 Å². The van der Waals surface area contributed by atoms with Crippen molar-refractivity contribution in [3.63, 3.8) is 0 Å². The Labute approximate surface area is 463 Å². The van der Waals surface area contributed by atoms with Crippen molar-refractivity contribution in [3.05, 3.63) is 0 Å². The highest BCUT2D eigenvalue weighted by Crippen LogP contribution is 2.12. The lowest BCUT2D eigenvalue weighted by Gasteiger charge is -2.29. The summed E-state index contributed by atoms with van der Waals surface area (Å²) in [7, 11) is 0. The van der Waals surface area contributed by atoms with E-state index in [-0.39, 0.29) is 83.6 Å². The lowest BCUT2D eigenvalue weighted by Crippen LogP contribution is -2.62. The molecule has 1 heterocycles. The normalized spacial score (nSPS) is 23.0. The third-order valence-electron chi connectivity index (χ3n) is 12.8. The van der Waals surface area contributed by atoms with E-state index >= 15 is 0 Å². The molecule has 29 nitrogen and oxygen atoms in total. The van der Waals surface area contributed by atoms with Gasteiger partial charge in [0, 0.05) is 13.0 Å². The first kappa shape index (κ1) is 70.9. The molecule has 0 aromatic carbocycles. The second kappa shape index (κ2) is 38.5. The highest BCUT2D eigenvalue weighted by Gasteiger charge is 2.37. The van der Waals surface area contributed by atoms with Crippen LogP contribution in [-0.2, 0) is 52.7 Å². The number of amides is 11. The molecule has 0 unspecified atom stereocenters. The number of carbonyl (C=O) groups excluding carboxylic acids is 11. The second-order valence-corrected chi connectivity index (χ2v) is 20.4. The Balaban J connectivity index is 3.76. The predicted octanol–water partition coefficient (Wildman–Crippen LogP) is -6.47. The summed E-state index contributed by atoms with van der Waals surface area (Å²) in [5.74, 6) is -10.4. The molecule has 0 bridgehead atoms. The number of nitrogens with two attached hydrogens (primary N) is 5. The lowest BCUT2D eigenvalue weighted by molar-refractivity contribution is -0.137. The van der Waals surface area contributed by atoms with Crippen LogP contribution in [0.25, 0.3) is 0 Å². The van der Waals surface area contributed by atoms with Crippen LogP contribution in [0.3, 0.4) is 0 Å². The van der Waals surface area contributed by atoms with Gasteiger partial charge in [-0.25, -0.2) is 0 Å². The molecule has 1 rings (SSSR count). The van der Waals surface area contributed by atoms with Crippen molar-refractivity contribution in [2.24, 2.45) is 40.5 Å². The van der Waals surface area contributed by atoms with Crippen LogP contribution >= 0.6 is 0 Å². The summed E-state index contributed by atoms with van der Waals surface area (Å²) in [5, 5.41) is 48.7. The fourth-order valence-electron chi connectivity index (χ4n) is 8.29. The molecule has 0 aliphatic carbocycles. The fourth-order valence-corrected chi connectivity index (χ4v) is 8.29. The Kier molecular flexibility index (Phi) is 34.5. The number of hydrogen-bond donors (Lipinski definition) is 18. The quantitative estimate of drug-likeness (QED) is 0.0324. The van der Waals surface area contributed by atoms with E-state index in [1.54, 1.807) is 27.7 Å². The first-order chi connectivity index (χ1) is 37.4. The Morgan fingerprint density at radius 3 is 1.52 bits per heavy atom. The summed E-state index contributed by atoms with van der Waals surface area (Å²) < 4.78 is 0. The fraction of sp³-hybridized carbons (Fsp3) is 0.780. The highest BCUT2D eigenvalue weighted by atomic mass is 16.3. The predicted molar refractivity (Wildman–Crippen MR) is 292 cm³/mol. The van der Waals surface area contributed by atoms with Crippen LogP contribution < -0.4 is 87.2 Å². The van der Waals surface area contributed by atoms with Crippen LogP contribution in [0.15, 0.2) is 0 Å². The molecule has 11 amide bonds. The molecule has 0 saturated carbocycles. The van der Waals surface area contributed by atoms with Crippen molar-refractivity contribution in [1.29, 1.82) is 0 Å². The van der Waals surface area contributed by atoms with Crippen LogP contribution in [0, 0.1) is 11.8 Å². The van der Waals surface area contributed by atoms with E-state index in [2.05, 4.69) is 65.4 Å². The largest absolute Gasteiger partial charge is 0.394 e. The molecule has 0 aromatic heterocycles. The Hall–Kier alpha value is -6.11. The van der Waals surface area contributed by atoms with Gasteiger partial charge in [0.15, 0.2) is 0 Å². The van der Waals surface area contributed by atoms with Gasteiger partial charge in [-0.05, 0) is 103 Å². The number of hydrogen-bond acceptors (Lipinski definition) is 18. The summed E-state index contributed by atoms with van der Waals surface area (Å²) in [6.07, 6.45) is 1.83. The molecule has 1 aliphatic heterocycles. The zero-order valence-corrected chi connectivity index (χ0v) is 46.9. The van der Waals surface area contributed by atoms with E-state index in [9.17, 15) is 63.0 Å². The third-order valence-corrected chi connectivity index (χ3v) is 12.8. The van der Waals surface area contributed by atoms with Gasteiger partial charge in [-0.2, -0.15) is 0 Å². The molecule has 0 radical (unpaired) electrons. The molecule has 29 heteroatoms. The minimum atomic E-state index is -1.69. The van der Waals surface area contributed by atoms with Crippen molar-refractivity contribution in [1.82, 2.24) is 58.5 Å². The molecule has 0 spiro atoms. The molecular weight excluding hydrogens is 1030 g/mol. The van der Waals surface area contributed by atoms with E-state index in [1.165, 1.54) is 6.92 Å². The van der Waals surface area contributed by atoms with Crippen molar-refractivity contribution < 1.29 is 63.0 Å². The summed E-state index contributed by atoms with van der Waals surface area (Å²) in [5.41, 5.74) is 29.1. The van der Waals surface area contributed by atoms with Crippen molar-refractivity contribution in [3.8, 4) is 0 Å². The number of nitrogens with one attached hydrogen (secondary N) is 11. The topological polar surface area (TPSA) is 491 Å². The Morgan fingerprint density at radius 2 is 1.04 bits per heavy atom. The molecule has 1 saturated heterocycles. The van der Waals surface area contributed by atoms with E-state index < -0.39 is 157 Å². The Morgan fingerprint density at radius 1 is 0.557 bits per heavy atom. The maximum Gasteiger partial charge on any atom is 0.245 e. The maximum atomic E-state index is 14.3. The van der Waals surface area contributed by atoms with Gasteiger partial charge in [0.2, 0.25) is 65.0 Å². The molecule has 0 aromatic rings. The van der Waals surface area contributed by atoms with Gasteiger partial charge < -0.3 is 97.4 Å². The molecule has 23 N–H and O–H groups in total. The monoisotopic (exact) mass is 1130 g/mol. The summed E-state index contributed by atoms with van der Waals surface area (Å²) in [6.45, 7) is 8.02. The minimum absolute atomic E-state index is 0.00929. The number of aliphatic hydroxyl groups excluding tert-OH is 2. The van der Waals surface area contributed by atoms with Gasteiger partial charge in [-0.1, -0.05) is 60.3 Å². The average Bonchev–Trinajstić information content (AvgIpc) is 3.38. The highest BCUT2D eigenvalue weighted by molar-refractivity contribution is 5.99. The maximum absolute atomic E-state index is 14.3. The Bertz CT molecular complexity index is 1980. The van der Waals surface area contributed by atoms with Crippen LogP contribution in [0.2, 0.25) is 0 Å². The van der Waals surface area contributed by atoms with Gasteiger partial charge in [-0.3, -0.25) is 52.7 Å². The second-order valence-electron chi connectivity index (χ2n) is 20.4. The van der Waals surface area contributed by atoms with Gasteiger partial charge in [0.1, 0.15) is 60.4 Å². The summed E-state index contributed by atoms with van der Waals surface area (Å²) in [4.78, 5) is 151. The molecule has 1 fully saturated rings. The zero-order valence-electron chi connectivity index (χ0n) is 46.9. The minimum Gasteiger partial charge on any atom is -0.394 e. The van der Waals surface area contributed by atoms with E-state index in [4.69, 9.17) is 28.7 Å². The number of unbranched alkanes of at least 4 members (excludes halogenated alkanes) is 4. The molecule has 11 atom stereocenters. The number of rotatable bonds is 28. The third kappa shape index (κ3) is 26.1. The number of carbonyl (C=O) groups is 11. The molecule has 79 heavy (non-hydrogen) atoms. The van der Waals surface area contributed by atoms with Gasteiger partial charge >= 0.3 is 0 Å². The smallest absolute Gasteiger partial charge is 0.245 e. The van der Waals surface area contributed by atoms with Gasteiger partial charge in [0.05, 0.1) is 12.7 Å². The zero-order chi connectivity index (χ0) is 59.8. The number of aliphatic hydroxyl groups is 2. The van der Waals surface area contributed by atoms with Crippen LogP contribution in [-0.4, -0.2) is 188 Å². The van der Waals surface area contributed by atoms with Crippen molar-refractivity contribution >= 4 is 65.0 Å². The molecule has 1 aliphatic rings. The molecule has 452 valence electrons. The van der Waals surface area contributed by atoms with Gasteiger partial charge in [0.25, 0.3) is 0 Å². The van der Waals surface area contributed by atoms with E-state index in [0.29, 0.717) is 6.42 Å². The van der Waals surface area contributed by atoms with Crippen LogP contribution in [0.4, 0.5) is 0 Å².